The van der Waals surface area contributed by atoms with Crippen LogP contribution in [-0.4, -0.2) is 22.0 Å². The van der Waals surface area contributed by atoms with Crippen molar-refractivity contribution in [3.8, 4) is 16.9 Å². The number of aldehydes is 1. The molecule has 3 aromatic rings. The average Bonchev–Trinajstić information content (AvgIpc) is 3.17. The number of rotatable bonds is 7. The molecule has 5 nitrogen and oxygen atoms in total. The van der Waals surface area contributed by atoms with Crippen LogP contribution in [0.3, 0.4) is 0 Å². The minimum atomic E-state index is -4.56. The monoisotopic (exact) mass is 433 g/mol. The van der Waals surface area contributed by atoms with Crippen molar-refractivity contribution >= 4 is 24.1 Å². The molecular weight excluding hydrogens is 415 g/mol. The normalized spacial score (nSPS) is 11.3. The molecule has 2 aromatic carbocycles. The predicted octanol–water partition coefficient (Wildman–Crippen LogP) is 4.97. The third-order valence-electron chi connectivity index (χ3n) is 4.20. The first-order valence-corrected chi connectivity index (χ1v) is 9.83. The minimum absolute atomic E-state index is 0.0992. The van der Waals surface area contributed by atoms with Crippen molar-refractivity contribution in [3.63, 3.8) is 0 Å². The van der Waals surface area contributed by atoms with Gasteiger partial charge in [0, 0.05) is 23.3 Å². The van der Waals surface area contributed by atoms with Crippen LogP contribution in [0.5, 0.6) is 0 Å². The number of aromatic nitrogens is 2. The van der Waals surface area contributed by atoms with Crippen LogP contribution >= 0.6 is 11.9 Å². The van der Waals surface area contributed by atoms with Crippen molar-refractivity contribution in [2.45, 2.75) is 30.8 Å². The third kappa shape index (κ3) is 5.29. The van der Waals surface area contributed by atoms with Gasteiger partial charge in [-0.3, -0.25) is 9.52 Å². The number of hydrogen-bond donors (Lipinski definition) is 1. The molecule has 0 saturated heterocycles. The van der Waals surface area contributed by atoms with E-state index in [4.69, 9.17) is 0 Å². The summed E-state index contributed by atoms with van der Waals surface area (Å²) in [6.45, 7) is 1.90. The fourth-order valence-electron chi connectivity index (χ4n) is 2.66. The van der Waals surface area contributed by atoms with Gasteiger partial charge < -0.3 is 4.79 Å². The predicted molar refractivity (Wildman–Crippen MR) is 108 cm³/mol. The highest BCUT2D eigenvalue weighted by Crippen LogP contribution is 2.33. The first kappa shape index (κ1) is 21.6. The SMILES string of the molecule is Cc1ccc(-c2cc(C(F)(F)F)nn2-c2ccc(SNC(=O)CCC=O)cc2)cc1. The zero-order valence-electron chi connectivity index (χ0n) is 15.9. The van der Waals surface area contributed by atoms with Crippen LogP contribution in [0.1, 0.15) is 24.1 Å². The number of aryl methyl sites for hydroxylation is 1. The van der Waals surface area contributed by atoms with E-state index in [1.807, 2.05) is 19.1 Å². The van der Waals surface area contributed by atoms with Crippen molar-refractivity contribution in [2.75, 3.05) is 0 Å². The lowest BCUT2D eigenvalue weighted by Crippen LogP contribution is -2.15. The summed E-state index contributed by atoms with van der Waals surface area (Å²) >= 11 is 1.07. The molecule has 0 aliphatic heterocycles. The van der Waals surface area contributed by atoms with Gasteiger partial charge >= 0.3 is 6.18 Å². The summed E-state index contributed by atoms with van der Waals surface area (Å²) in [5, 5.41) is 3.77. The highest BCUT2D eigenvalue weighted by molar-refractivity contribution is 7.98. The van der Waals surface area contributed by atoms with Crippen molar-refractivity contribution in [3.05, 3.63) is 65.9 Å². The number of carbonyl (C=O) groups excluding carboxylic acids is 2. The van der Waals surface area contributed by atoms with Gasteiger partial charge in [-0.1, -0.05) is 29.8 Å². The molecule has 0 aliphatic rings. The molecule has 0 atom stereocenters. The Balaban J connectivity index is 1.87. The topological polar surface area (TPSA) is 64.0 Å². The Morgan fingerprint density at radius 2 is 1.80 bits per heavy atom. The molecule has 1 amide bonds. The summed E-state index contributed by atoms with van der Waals surface area (Å²) in [5.41, 5.74) is 1.42. The second-order valence-electron chi connectivity index (χ2n) is 6.52. The molecule has 9 heteroatoms. The number of amides is 1. The molecule has 3 rings (SSSR count). The highest BCUT2D eigenvalue weighted by atomic mass is 32.2. The van der Waals surface area contributed by atoms with Crippen molar-refractivity contribution < 1.29 is 22.8 Å². The fourth-order valence-corrected chi connectivity index (χ4v) is 3.26. The molecular formula is C21H18F3N3O2S. The molecule has 0 bridgehead atoms. The van der Waals surface area contributed by atoms with Crippen molar-refractivity contribution in [1.29, 1.82) is 0 Å². The molecule has 1 aromatic heterocycles. The molecule has 0 fully saturated rings. The van der Waals surface area contributed by atoms with E-state index in [0.29, 0.717) is 28.1 Å². The van der Waals surface area contributed by atoms with Crippen LogP contribution in [0, 0.1) is 6.92 Å². The van der Waals surface area contributed by atoms with Crippen molar-refractivity contribution in [2.24, 2.45) is 0 Å². The third-order valence-corrected chi connectivity index (χ3v) is 5.04. The van der Waals surface area contributed by atoms with Crippen LogP contribution in [-0.2, 0) is 15.8 Å². The quantitative estimate of drug-likeness (QED) is 0.422. The zero-order chi connectivity index (χ0) is 21.7. The van der Waals surface area contributed by atoms with E-state index in [0.717, 1.165) is 23.6 Å². The van der Waals surface area contributed by atoms with Gasteiger partial charge in [0.15, 0.2) is 5.69 Å². The maximum atomic E-state index is 13.3. The number of carbonyl (C=O) groups is 2. The van der Waals surface area contributed by atoms with Crippen LogP contribution in [0.2, 0.25) is 0 Å². The zero-order valence-corrected chi connectivity index (χ0v) is 16.8. The van der Waals surface area contributed by atoms with E-state index in [-0.39, 0.29) is 18.7 Å². The molecule has 0 unspecified atom stereocenters. The molecule has 0 spiro atoms. The van der Waals surface area contributed by atoms with Gasteiger partial charge in [0.1, 0.15) is 6.29 Å². The Morgan fingerprint density at radius 1 is 1.13 bits per heavy atom. The van der Waals surface area contributed by atoms with Crippen molar-refractivity contribution in [1.82, 2.24) is 14.5 Å². The Hall–Kier alpha value is -3.07. The lowest BCUT2D eigenvalue weighted by molar-refractivity contribution is -0.141. The Kier molecular flexibility index (Phi) is 6.61. The average molecular weight is 433 g/mol. The number of nitrogens with zero attached hydrogens (tertiary/aromatic N) is 2. The number of benzene rings is 2. The first-order chi connectivity index (χ1) is 14.3. The van der Waals surface area contributed by atoms with Gasteiger partial charge in [-0.05, 0) is 49.2 Å². The molecule has 156 valence electrons. The summed E-state index contributed by atoms with van der Waals surface area (Å²) in [7, 11) is 0. The molecule has 0 saturated carbocycles. The molecule has 0 aliphatic carbocycles. The van der Waals surface area contributed by atoms with Gasteiger partial charge in [0.25, 0.3) is 0 Å². The lowest BCUT2D eigenvalue weighted by atomic mass is 10.1. The molecule has 1 N–H and O–H groups in total. The minimum Gasteiger partial charge on any atom is -0.303 e. The summed E-state index contributed by atoms with van der Waals surface area (Å²) in [6, 6.07) is 14.8. The van der Waals surface area contributed by atoms with E-state index in [2.05, 4.69) is 9.82 Å². The second kappa shape index (κ2) is 9.17. The Morgan fingerprint density at radius 3 is 2.40 bits per heavy atom. The van der Waals surface area contributed by atoms with E-state index in [9.17, 15) is 22.8 Å². The van der Waals surface area contributed by atoms with Gasteiger partial charge in [-0.2, -0.15) is 18.3 Å². The molecule has 30 heavy (non-hydrogen) atoms. The maximum absolute atomic E-state index is 13.3. The highest BCUT2D eigenvalue weighted by Gasteiger charge is 2.35. The van der Waals surface area contributed by atoms with E-state index in [1.54, 1.807) is 36.4 Å². The number of halogens is 3. The molecule has 1 heterocycles. The van der Waals surface area contributed by atoms with Gasteiger partial charge in [-0.15, -0.1) is 0 Å². The van der Waals surface area contributed by atoms with Gasteiger partial charge in [0.05, 0.1) is 11.4 Å². The van der Waals surface area contributed by atoms with Crippen LogP contribution < -0.4 is 4.72 Å². The molecule has 0 radical (unpaired) electrons. The van der Waals surface area contributed by atoms with Crippen LogP contribution in [0.25, 0.3) is 16.9 Å². The summed E-state index contributed by atoms with van der Waals surface area (Å²) in [4.78, 5) is 22.6. The maximum Gasteiger partial charge on any atom is 0.435 e. The summed E-state index contributed by atoms with van der Waals surface area (Å²) < 4.78 is 43.7. The number of hydrogen-bond acceptors (Lipinski definition) is 4. The Labute approximate surface area is 175 Å². The fraction of sp³-hybridized carbons (Fsp3) is 0.190. The van der Waals surface area contributed by atoms with Gasteiger partial charge in [0.2, 0.25) is 5.91 Å². The largest absolute Gasteiger partial charge is 0.435 e. The summed E-state index contributed by atoms with van der Waals surface area (Å²) in [5.74, 6) is -0.278. The Bertz CT molecular complexity index is 1030. The number of nitrogens with one attached hydrogen (secondary N) is 1. The van der Waals surface area contributed by atoms with E-state index >= 15 is 0 Å². The summed E-state index contributed by atoms with van der Waals surface area (Å²) in [6.07, 6.45) is -3.65. The standard InChI is InChI=1S/C21H18F3N3O2S/c1-14-4-6-15(7-5-14)18-13-19(21(22,23)24)25-27(18)16-8-10-17(11-9-16)30-26-20(29)3-2-12-28/h4-13H,2-3H2,1H3,(H,26,29). The lowest BCUT2D eigenvalue weighted by Gasteiger charge is -2.09. The smallest absolute Gasteiger partial charge is 0.303 e. The van der Waals surface area contributed by atoms with Gasteiger partial charge in [-0.25, -0.2) is 4.68 Å². The van der Waals surface area contributed by atoms with E-state index in [1.165, 1.54) is 4.68 Å². The van der Waals surface area contributed by atoms with Crippen LogP contribution in [0.15, 0.2) is 59.5 Å². The second-order valence-corrected chi connectivity index (χ2v) is 7.40. The van der Waals surface area contributed by atoms with Crippen LogP contribution in [0.4, 0.5) is 13.2 Å². The number of alkyl halides is 3. The van der Waals surface area contributed by atoms with E-state index < -0.39 is 11.9 Å². The first-order valence-electron chi connectivity index (χ1n) is 9.02.